The molecule has 1 unspecified atom stereocenters. The summed E-state index contributed by atoms with van der Waals surface area (Å²) in [6, 6.07) is 14.3. The van der Waals surface area contributed by atoms with Crippen molar-refractivity contribution in [3.8, 4) is 11.5 Å². The molecular formula is C27H38BrN3O4. The van der Waals surface area contributed by atoms with E-state index in [9.17, 15) is 10.2 Å². The number of nitrogens with one attached hydrogen (secondary N) is 2. The highest BCUT2D eigenvalue weighted by atomic mass is 79.9. The van der Waals surface area contributed by atoms with Crippen LogP contribution in [0.25, 0.3) is 0 Å². The van der Waals surface area contributed by atoms with E-state index in [1.807, 2.05) is 30.1 Å². The van der Waals surface area contributed by atoms with Gasteiger partial charge >= 0.3 is 0 Å². The van der Waals surface area contributed by atoms with Crippen molar-refractivity contribution in [2.24, 2.45) is 0 Å². The molecule has 0 saturated carbocycles. The summed E-state index contributed by atoms with van der Waals surface area (Å²) in [7, 11) is 0. The van der Waals surface area contributed by atoms with E-state index in [4.69, 9.17) is 9.47 Å². The first-order valence-corrected chi connectivity index (χ1v) is 13.1. The number of rotatable bonds is 13. The molecule has 0 radical (unpaired) electrons. The van der Waals surface area contributed by atoms with Crippen molar-refractivity contribution in [1.29, 1.82) is 0 Å². The van der Waals surface area contributed by atoms with E-state index in [1.165, 1.54) is 5.56 Å². The predicted octanol–water partition coefficient (Wildman–Crippen LogP) is 4.63. The fourth-order valence-electron chi connectivity index (χ4n) is 3.96. The molecule has 0 amide bonds. The molecule has 1 aliphatic heterocycles. The van der Waals surface area contributed by atoms with E-state index >= 15 is 0 Å². The molecule has 1 aliphatic rings. The maximum Gasteiger partial charge on any atom is 0.133 e. The van der Waals surface area contributed by atoms with Crippen molar-refractivity contribution >= 4 is 15.9 Å². The first-order chi connectivity index (χ1) is 16.8. The molecule has 3 rings (SSSR count). The number of nitrogens with zero attached hydrogens (tertiary/aromatic N) is 1. The zero-order chi connectivity index (χ0) is 25.4. The average Bonchev–Trinajstić information content (AvgIpc) is 3.27. The first kappa shape index (κ1) is 27.3. The molecule has 0 bridgehead atoms. The molecule has 0 aromatic heterocycles. The standard InChI is InChI=1S/C27H38BrN3O4/c1-5-21(33)18-35-26-13-10-20(16-23(26)28)27(3,4)19-8-11-22(12-9-19)34-15-7-14-31-25(17-32)24(6-2)29-30-31/h8-13,16,21,29-30,32-33H,5-7,14-15,17-18H2,1-4H3. The maximum absolute atomic E-state index is 9.75. The fourth-order valence-corrected chi connectivity index (χ4v) is 4.45. The van der Waals surface area contributed by atoms with Gasteiger partial charge in [0.15, 0.2) is 0 Å². The third kappa shape index (κ3) is 6.91. The van der Waals surface area contributed by atoms with Gasteiger partial charge in [-0.3, -0.25) is 5.01 Å². The SMILES string of the molecule is CCC1=C(CO)N(CCCOc2ccc(C(C)(C)c3ccc(OCC(O)CC)c(Br)c3)cc2)NN1. The van der Waals surface area contributed by atoms with Crippen LogP contribution >= 0.6 is 15.9 Å². The van der Waals surface area contributed by atoms with Gasteiger partial charge in [-0.25, -0.2) is 0 Å². The minimum atomic E-state index is -0.462. The van der Waals surface area contributed by atoms with Gasteiger partial charge in [0.2, 0.25) is 0 Å². The highest BCUT2D eigenvalue weighted by molar-refractivity contribution is 9.10. The Balaban J connectivity index is 1.55. The molecule has 1 heterocycles. The number of aliphatic hydroxyl groups is 2. The van der Waals surface area contributed by atoms with Crippen molar-refractivity contribution in [2.75, 3.05) is 26.4 Å². The van der Waals surface area contributed by atoms with Crippen LogP contribution in [0, 0.1) is 0 Å². The second-order valence-corrected chi connectivity index (χ2v) is 10.0. The number of benzene rings is 2. The van der Waals surface area contributed by atoms with E-state index in [0.717, 1.165) is 52.3 Å². The lowest BCUT2D eigenvalue weighted by atomic mass is 9.78. The lowest BCUT2D eigenvalue weighted by Crippen LogP contribution is -2.39. The summed E-state index contributed by atoms with van der Waals surface area (Å²) in [5.41, 5.74) is 10.2. The van der Waals surface area contributed by atoms with Gasteiger partial charge in [-0.1, -0.05) is 45.9 Å². The van der Waals surface area contributed by atoms with Crippen LogP contribution in [0.5, 0.6) is 11.5 Å². The monoisotopic (exact) mass is 547 g/mol. The molecule has 2 aromatic rings. The number of aliphatic hydroxyl groups excluding tert-OH is 2. The van der Waals surface area contributed by atoms with E-state index in [0.29, 0.717) is 13.0 Å². The van der Waals surface area contributed by atoms with Crippen LogP contribution in [0.2, 0.25) is 0 Å². The normalized spacial score (nSPS) is 14.8. The molecular weight excluding hydrogens is 510 g/mol. The Morgan fingerprint density at radius 1 is 1.06 bits per heavy atom. The number of halogens is 1. The number of hydrazine groups is 2. The summed E-state index contributed by atoms with van der Waals surface area (Å²) >= 11 is 3.62. The average molecular weight is 549 g/mol. The minimum absolute atomic E-state index is 0.00951. The second-order valence-electron chi connectivity index (χ2n) is 9.20. The Kier molecular flexibility index (Phi) is 9.86. The molecule has 0 fully saturated rings. The number of hydrogen-bond acceptors (Lipinski definition) is 7. The summed E-state index contributed by atoms with van der Waals surface area (Å²) in [6.07, 6.45) is 1.87. The van der Waals surface area contributed by atoms with Crippen LogP contribution in [-0.4, -0.2) is 47.7 Å². The zero-order valence-electron chi connectivity index (χ0n) is 21.1. The van der Waals surface area contributed by atoms with Crippen LogP contribution in [0.3, 0.4) is 0 Å². The Morgan fingerprint density at radius 2 is 1.77 bits per heavy atom. The molecule has 0 spiro atoms. The topological polar surface area (TPSA) is 86.2 Å². The van der Waals surface area contributed by atoms with Crippen LogP contribution in [0.15, 0.2) is 58.3 Å². The molecule has 4 N–H and O–H groups in total. The molecule has 2 aromatic carbocycles. The summed E-state index contributed by atoms with van der Waals surface area (Å²) in [5.74, 6) is 1.57. The molecule has 0 aliphatic carbocycles. The van der Waals surface area contributed by atoms with E-state index in [2.05, 4.69) is 71.9 Å². The van der Waals surface area contributed by atoms with Crippen molar-refractivity contribution in [3.05, 3.63) is 69.5 Å². The highest BCUT2D eigenvalue weighted by Gasteiger charge is 2.24. The van der Waals surface area contributed by atoms with Gasteiger partial charge in [-0.15, -0.1) is 5.53 Å². The van der Waals surface area contributed by atoms with Gasteiger partial charge < -0.3 is 25.1 Å². The Hall–Kier alpha value is -2.26. The van der Waals surface area contributed by atoms with Crippen molar-refractivity contribution in [1.82, 2.24) is 16.0 Å². The first-order valence-electron chi connectivity index (χ1n) is 12.3. The van der Waals surface area contributed by atoms with Gasteiger partial charge in [0, 0.05) is 18.4 Å². The van der Waals surface area contributed by atoms with Crippen LogP contribution in [0.1, 0.15) is 58.1 Å². The van der Waals surface area contributed by atoms with E-state index in [1.54, 1.807) is 0 Å². The van der Waals surface area contributed by atoms with Crippen LogP contribution in [0.4, 0.5) is 0 Å². The third-order valence-corrected chi connectivity index (χ3v) is 7.07. The number of ether oxygens (including phenoxy) is 2. The van der Waals surface area contributed by atoms with E-state index < -0.39 is 6.10 Å². The largest absolute Gasteiger partial charge is 0.494 e. The molecule has 35 heavy (non-hydrogen) atoms. The highest BCUT2D eigenvalue weighted by Crippen LogP contribution is 2.36. The smallest absolute Gasteiger partial charge is 0.133 e. The van der Waals surface area contributed by atoms with Crippen LogP contribution < -0.4 is 20.4 Å². The van der Waals surface area contributed by atoms with Crippen molar-refractivity contribution in [2.45, 2.75) is 58.5 Å². The van der Waals surface area contributed by atoms with Crippen molar-refractivity contribution in [3.63, 3.8) is 0 Å². The predicted molar refractivity (Wildman–Crippen MR) is 142 cm³/mol. The Morgan fingerprint density at radius 3 is 2.40 bits per heavy atom. The maximum atomic E-state index is 9.75. The lowest BCUT2D eigenvalue weighted by molar-refractivity contribution is 0.104. The van der Waals surface area contributed by atoms with E-state index in [-0.39, 0.29) is 18.6 Å². The quantitative estimate of drug-likeness (QED) is 0.272. The number of allylic oxidation sites excluding steroid dienone is 1. The molecule has 1 atom stereocenters. The minimum Gasteiger partial charge on any atom is -0.494 e. The molecule has 0 saturated heterocycles. The van der Waals surface area contributed by atoms with Gasteiger partial charge in [-0.05, 0) is 64.2 Å². The Labute approximate surface area is 217 Å². The zero-order valence-corrected chi connectivity index (χ0v) is 22.7. The molecule has 8 heteroatoms. The third-order valence-electron chi connectivity index (χ3n) is 6.45. The van der Waals surface area contributed by atoms with Crippen LogP contribution in [-0.2, 0) is 5.41 Å². The summed E-state index contributed by atoms with van der Waals surface area (Å²) in [6.45, 7) is 9.99. The van der Waals surface area contributed by atoms with Gasteiger partial charge in [0.1, 0.15) is 18.1 Å². The Bertz CT molecular complexity index is 994. The summed E-state index contributed by atoms with van der Waals surface area (Å²) < 4.78 is 12.6. The fraction of sp³-hybridized carbons (Fsp3) is 0.481. The van der Waals surface area contributed by atoms with Gasteiger partial charge in [0.25, 0.3) is 0 Å². The lowest BCUT2D eigenvalue weighted by Gasteiger charge is -2.27. The van der Waals surface area contributed by atoms with Gasteiger partial charge in [0.05, 0.1) is 35.2 Å². The molecule has 7 nitrogen and oxygen atoms in total. The summed E-state index contributed by atoms with van der Waals surface area (Å²) in [5, 5.41) is 21.3. The summed E-state index contributed by atoms with van der Waals surface area (Å²) in [4.78, 5) is 0. The number of hydrogen-bond donors (Lipinski definition) is 4. The van der Waals surface area contributed by atoms with Crippen molar-refractivity contribution < 1.29 is 19.7 Å². The van der Waals surface area contributed by atoms with Gasteiger partial charge in [-0.2, -0.15) is 0 Å². The molecule has 192 valence electrons. The second kappa shape index (κ2) is 12.6.